The van der Waals surface area contributed by atoms with Gasteiger partial charge in [-0.3, -0.25) is 0 Å². The van der Waals surface area contributed by atoms with Crippen LogP contribution in [0.3, 0.4) is 0 Å². The fourth-order valence-electron chi connectivity index (χ4n) is 8.53. The third-order valence-corrected chi connectivity index (χ3v) is 10.6. The summed E-state index contributed by atoms with van der Waals surface area (Å²) in [7, 11) is 0. The molecule has 0 bridgehead atoms. The van der Waals surface area contributed by atoms with E-state index in [1.165, 1.54) is 65.3 Å². The van der Waals surface area contributed by atoms with E-state index in [1.807, 2.05) is 12.1 Å². The van der Waals surface area contributed by atoms with Gasteiger partial charge >= 0.3 is 0 Å². The monoisotopic (exact) mass is 622 g/mol. The molecule has 9 aromatic carbocycles. The summed E-state index contributed by atoms with van der Waals surface area (Å²) in [5.74, 6) is 3.52. The molecule has 0 radical (unpaired) electrons. The molecule has 2 nitrogen and oxygen atoms in total. The van der Waals surface area contributed by atoms with E-state index in [0.29, 0.717) is 0 Å². The summed E-state index contributed by atoms with van der Waals surface area (Å²) >= 11 is 0. The molecule has 2 aliphatic rings. The minimum Gasteiger partial charge on any atom is -0.458 e. The van der Waals surface area contributed by atoms with Gasteiger partial charge in [-0.25, -0.2) is 0 Å². The van der Waals surface area contributed by atoms with E-state index in [4.69, 9.17) is 9.47 Å². The lowest BCUT2D eigenvalue weighted by Gasteiger charge is -2.33. The number of fused-ring (bicyclic) bond motifs is 9. The molecule has 9 aromatic rings. The second-order valence-corrected chi connectivity index (χ2v) is 13.1. The van der Waals surface area contributed by atoms with Crippen molar-refractivity contribution in [3.8, 4) is 45.3 Å². The number of hydrogen-bond acceptors (Lipinski definition) is 2. The Morgan fingerprint density at radius 3 is 1.59 bits per heavy atom. The first-order valence-corrected chi connectivity index (χ1v) is 16.9. The highest BCUT2D eigenvalue weighted by Crippen LogP contribution is 2.47. The predicted molar refractivity (Wildman–Crippen MR) is 205 cm³/mol. The SMILES string of the molecule is c1ccc2c(c1)Oc1cccc3c1B2c1cc(-c2c4ccccc4c(-c4cc5ccccc5c5ccccc45)c4ccccc24)ccc1O3. The zero-order valence-corrected chi connectivity index (χ0v) is 26.5. The molecule has 0 unspecified atom stereocenters. The molecular weight excluding hydrogens is 595 g/mol. The first kappa shape index (κ1) is 26.7. The molecule has 0 saturated heterocycles. The molecule has 0 aromatic heterocycles. The lowest BCUT2D eigenvalue weighted by Crippen LogP contribution is -2.57. The molecule has 0 amide bonds. The number of rotatable bonds is 2. The molecule has 2 heterocycles. The third kappa shape index (κ3) is 3.79. The van der Waals surface area contributed by atoms with Gasteiger partial charge in [0.25, 0.3) is 6.71 Å². The van der Waals surface area contributed by atoms with Crippen molar-refractivity contribution in [1.29, 1.82) is 0 Å². The van der Waals surface area contributed by atoms with Crippen molar-refractivity contribution in [2.24, 2.45) is 0 Å². The van der Waals surface area contributed by atoms with E-state index in [2.05, 4.69) is 152 Å². The summed E-state index contributed by atoms with van der Waals surface area (Å²) in [5, 5.41) is 10.0. The molecule has 11 rings (SSSR count). The van der Waals surface area contributed by atoms with Crippen LogP contribution in [0.25, 0.3) is 65.3 Å². The van der Waals surface area contributed by atoms with Gasteiger partial charge in [0.15, 0.2) is 0 Å². The summed E-state index contributed by atoms with van der Waals surface area (Å²) in [6, 6.07) is 59.1. The Kier molecular flexibility index (Phi) is 5.50. The fourth-order valence-corrected chi connectivity index (χ4v) is 8.53. The maximum atomic E-state index is 6.58. The molecule has 2 aliphatic heterocycles. The topological polar surface area (TPSA) is 18.5 Å². The summed E-state index contributed by atoms with van der Waals surface area (Å²) in [4.78, 5) is 0. The Bertz CT molecular complexity index is 2780. The van der Waals surface area contributed by atoms with Crippen molar-refractivity contribution in [3.05, 3.63) is 164 Å². The average molecular weight is 623 g/mol. The van der Waals surface area contributed by atoms with Crippen molar-refractivity contribution >= 4 is 66.2 Å². The largest absolute Gasteiger partial charge is 0.458 e. The van der Waals surface area contributed by atoms with E-state index in [0.717, 1.165) is 39.4 Å². The summed E-state index contributed by atoms with van der Waals surface area (Å²) < 4.78 is 13.0. The normalized spacial score (nSPS) is 12.8. The Labute approximate surface area is 283 Å². The fraction of sp³-hybridized carbons (Fsp3) is 0. The van der Waals surface area contributed by atoms with Crippen molar-refractivity contribution in [2.75, 3.05) is 0 Å². The molecule has 0 saturated carbocycles. The first-order valence-electron chi connectivity index (χ1n) is 16.9. The zero-order chi connectivity index (χ0) is 32.1. The van der Waals surface area contributed by atoms with Gasteiger partial charge in [-0.2, -0.15) is 0 Å². The van der Waals surface area contributed by atoms with Crippen molar-refractivity contribution in [2.45, 2.75) is 0 Å². The highest BCUT2D eigenvalue weighted by atomic mass is 16.5. The molecule has 0 atom stereocenters. The van der Waals surface area contributed by atoms with Gasteiger partial charge in [0, 0.05) is 5.46 Å². The Balaban J connectivity index is 1.21. The van der Waals surface area contributed by atoms with Gasteiger partial charge in [0.05, 0.1) is 0 Å². The smallest absolute Gasteiger partial charge is 0.260 e. The lowest BCUT2D eigenvalue weighted by atomic mass is 9.35. The van der Waals surface area contributed by atoms with Gasteiger partial charge in [-0.05, 0) is 107 Å². The van der Waals surface area contributed by atoms with Crippen molar-refractivity contribution in [1.82, 2.24) is 0 Å². The van der Waals surface area contributed by atoms with Crippen LogP contribution in [0.1, 0.15) is 0 Å². The van der Waals surface area contributed by atoms with Crippen LogP contribution in [0, 0.1) is 0 Å². The van der Waals surface area contributed by atoms with Crippen molar-refractivity contribution in [3.63, 3.8) is 0 Å². The maximum absolute atomic E-state index is 6.58. The molecule has 0 spiro atoms. The van der Waals surface area contributed by atoms with Gasteiger partial charge in [0.2, 0.25) is 0 Å². The van der Waals surface area contributed by atoms with Gasteiger partial charge in [0.1, 0.15) is 23.0 Å². The Hall–Kier alpha value is -6.32. The van der Waals surface area contributed by atoms with E-state index in [9.17, 15) is 0 Å². The minimum atomic E-state index is 0.0145. The highest BCUT2D eigenvalue weighted by Gasteiger charge is 2.40. The van der Waals surface area contributed by atoms with E-state index < -0.39 is 0 Å². The standard InChI is InChI=1S/C46H27BO2/c1-2-13-30-28(12-1)26-37(32-15-4-3-14-31(30)32)45-35-18-7-5-16-33(35)44(34-17-6-8-19-36(34)45)29-24-25-41-39(27-29)47-38-20-9-10-21-40(38)48-42-22-11-23-43(49-41)46(42)47/h1-27H. The number of ether oxygens (including phenoxy) is 2. The van der Waals surface area contributed by atoms with Crippen LogP contribution in [-0.2, 0) is 0 Å². The maximum Gasteiger partial charge on any atom is 0.260 e. The van der Waals surface area contributed by atoms with Crippen LogP contribution in [-0.4, -0.2) is 6.71 Å². The first-order chi connectivity index (χ1) is 24.3. The number of benzene rings is 9. The highest BCUT2D eigenvalue weighted by molar-refractivity contribution is 6.98. The van der Waals surface area contributed by atoms with Crippen LogP contribution < -0.4 is 25.9 Å². The molecule has 0 N–H and O–H groups in total. The van der Waals surface area contributed by atoms with Crippen molar-refractivity contribution < 1.29 is 9.47 Å². The summed E-state index contributed by atoms with van der Waals surface area (Å²) in [5.41, 5.74) is 8.37. The Morgan fingerprint density at radius 2 is 0.878 bits per heavy atom. The summed E-state index contributed by atoms with van der Waals surface area (Å²) in [6.45, 7) is 0.0145. The van der Waals surface area contributed by atoms with Gasteiger partial charge in [-0.1, -0.05) is 133 Å². The number of hydrogen-bond donors (Lipinski definition) is 0. The minimum absolute atomic E-state index is 0.0145. The third-order valence-electron chi connectivity index (χ3n) is 10.6. The van der Waals surface area contributed by atoms with Crippen LogP contribution in [0.2, 0.25) is 0 Å². The van der Waals surface area contributed by atoms with Crippen LogP contribution in [0.15, 0.2) is 164 Å². The molecular formula is C46H27BO2. The molecule has 49 heavy (non-hydrogen) atoms. The van der Waals surface area contributed by atoms with E-state index in [1.54, 1.807) is 0 Å². The average Bonchev–Trinajstić information content (AvgIpc) is 3.16. The van der Waals surface area contributed by atoms with E-state index >= 15 is 0 Å². The summed E-state index contributed by atoms with van der Waals surface area (Å²) in [6.07, 6.45) is 0. The predicted octanol–water partition coefficient (Wildman–Crippen LogP) is 10.4. The van der Waals surface area contributed by atoms with Gasteiger partial charge in [-0.15, -0.1) is 0 Å². The van der Waals surface area contributed by atoms with E-state index in [-0.39, 0.29) is 6.71 Å². The second kappa shape index (κ2) is 10.1. The molecule has 3 heteroatoms. The van der Waals surface area contributed by atoms with Gasteiger partial charge < -0.3 is 9.47 Å². The van der Waals surface area contributed by atoms with Crippen LogP contribution in [0.5, 0.6) is 23.0 Å². The zero-order valence-electron chi connectivity index (χ0n) is 26.5. The Morgan fingerprint density at radius 1 is 0.347 bits per heavy atom. The quantitative estimate of drug-likeness (QED) is 0.109. The molecule has 0 fully saturated rings. The molecule has 226 valence electrons. The molecule has 0 aliphatic carbocycles. The second-order valence-electron chi connectivity index (χ2n) is 13.1. The lowest BCUT2D eigenvalue weighted by molar-refractivity contribution is 0.464. The van der Waals surface area contributed by atoms with Crippen LogP contribution in [0.4, 0.5) is 0 Å². The number of para-hydroxylation sites is 1. The van der Waals surface area contributed by atoms with Crippen LogP contribution >= 0.6 is 0 Å².